The Kier molecular flexibility index (Phi) is 4.87. The summed E-state index contributed by atoms with van der Waals surface area (Å²) < 4.78 is 0. The molecule has 102 valence electrons. The zero-order valence-corrected chi connectivity index (χ0v) is 11.8. The summed E-state index contributed by atoms with van der Waals surface area (Å²) >= 11 is 0. The first kappa shape index (κ1) is 15.0. The van der Waals surface area contributed by atoms with Gasteiger partial charge >= 0.3 is 5.97 Å². The summed E-state index contributed by atoms with van der Waals surface area (Å²) in [6.45, 7) is 8.43. The number of aromatic nitrogens is 1. The van der Waals surface area contributed by atoms with Crippen molar-refractivity contribution in [1.82, 2.24) is 4.98 Å². The van der Waals surface area contributed by atoms with Crippen molar-refractivity contribution in [2.45, 2.75) is 27.7 Å². The molecule has 0 radical (unpaired) electrons. The molecule has 1 N–H and O–H groups in total. The van der Waals surface area contributed by atoms with Crippen molar-refractivity contribution in [3.05, 3.63) is 22.9 Å². The maximum Gasteiger partial charge on any atom is 0.339 e. The smallest absolute Gasteiger partial charge is 0.339 e. The van der Waals surface area contributed by atoms with Crippen LogP contribution in [0.1, 0.15) is 35.5 Å². The Morgan fingerprint density at radius 1 is 1.58 bits per heavy atom. The molecule has 0 aliphatic carbocycles. The molecule has 0 saturated carbocycles. The minimum Gasteiger partial charge on any atom is -0.478 e. The van der Waals surface area contributed by atoms with Crippen molar-refractivity contribution >= 4 is 11.8 Å². The van der Waals surface area contributed by atoms with Crippen LogP contribution in [-0.4, -0.2) is 29.1 Å². The maximum atomic E-state index is 11.4. The number of carboxylic acids is 1. The number of nitriles is 1. The maximum absolute atomic E-state index is 11.4. The highest BCUT2D eigenvalue weighted by Crippen LogP contribution is 2.23. The minimum absolute atomic E-state index is 0.177. The van der Waals surface area contributed by atoms with Crippen LogP contribution in [-0.2, 0) is 0 Å². The minimum atomic E-state index is -0.983. The first-order valence-electron chi connectivity index (χ1n) is 6.26. The predicted molar refractivity (Wildman–Crippen MR) is 73.3 cm³/mol. The molecule has 1 atom stereocenters. The summed E-state index contributed by atoms with van der Waals surface area (Å²) in [6, 6.07) is 3.92. The number of hydrogen-bond donors (Lipinski definition) is 1. The van der Waals surface area contributed by atoms with E-state index in [1.807, 2.05) is 25.7 Å². The lowest BCUT2D eigenvalue weighted by Gasteiger charge is -2.25. The summed E-state index contributed by atoms with van der Waals surface area (Å²) in [7, 11) is 0. The second-order valence-electron chi connectivity index (χ2n) is 4.65. The second kappa shape index (κ2) is 6.19. The zero-order valence-electron chi connectivity index (χ0n) is 11.8. The Labute approximate surface area is 113 Å². The number of hydrogen-bond acceptors (Lipinski definition) is 4. The van der Waals surface area contributed by atoms with E-state index < -0.39 is 5.97 Å². The number of anilines is 1. The number of carbonyl (C=O) groups is 1. The molecular formula is C14H19N3O2. The molecule has 0 aromatic carbocycles. The van der Waals surface area contributed by atoms with Gasteiger partial charge in [-0.25, -0.2) is 9.78 Å². The highest BCUT2D eigenvalue weighted by atomic mass is 16.4. The van der Waals surface area contributed by atoms with Crippen LogP contribution in [0.4, 0.5) is 5.82 Å². The zero-order chi connectivity index (χ0) is 14.6. The van der Waals surface area contributed by atoms with Gasteiger partial charge in [-0.15, -0.1) is 0 Å². The van der Waals surface area contributed by atoms with Crippen LogP contribution < -0.4 is 4.90 Å². The van der Waals surface area contributed by atoms with Gasteiger partial charge in [0.25, 0.3) is 0 Å². The number of nitrogens with zero attached hydrogens (tertiary/aromatic N) is 3. The third-order valence-electron chi connectivity index (χ3n) is 2.94. The quantitative estimate of drug-likeness (QED) is 0.880. The average Bonchev–Trinajstić information content (AvgIpc) is 2.33. The standard InChI is InChI=1S/C14H19N3O2/c1-5-17(8-9(2)7-15)13-12(14(18)19)10(3)6-11(4)16-13/h6,9H,5,8H2,1-4H3,(H,18,19). The SMILES string of the molecule is CCN(CC(C)C#N)c1nc(C)cc(C)c1C(=O)O. The van der Waals surface area contributed by atoms with Gasteiger partial charge in [-0.1, -0.05) is 0 Å². The van der Waals surface area contributed by atoms with E-state index in [2.05, 4.69) is 11.1 Å². The van der Waals surface area contributed by atoms with Crippen LogP contribution in [0.25, 0.3) is 0 Å². The summed E-state index contributed by atoms with van der Waals surface area (Å²) in [5.41, 5.74) is 1.69. The summed E-state index contributed by atoms with van der Waals surface area (Å²) in [4.78, 5) is 17.6. The van der Waals surface area contributed by atoms with E-state index in [4.69, 9.17) is 5.26 Å². The first-order chi connectivity index (χ1) is 8.90. The third-order valence-corrected chi connectivity index (χ3v) is 2.94. The number of carboxylic acid groups (broad SMARTS) is 1. The number of aromatic carboxylic acids is 1. The highest BCUT2D eigenvalue weighted by Gasteiger charge is 2.21. The molecule has 0 saturated heterocycles. The van der Waals surface area contributed by atoms with E-state index in [1.54, 1.807) is 13.0 Å². The van der Waals surface area contributed by atoms with Crippen molar-refractivity contribution in [3.63, 3.8) is 0 Å². The van der Waals surface area contributed by atoms with Gasteiger partial charge in [0.2, 0.25) is 0 Å². The van der Waals surface area contributed by atoms with E-state index in [0.717, 1.165) is 5.69 Å². The Hall–Kier alpha value is -2.09. The van der Waals surface area contributed by atoms with Gasteiger partial charge in [-0.3, -0.25) is 0 Å². The van der Waals surface area contributed by atoms with Gasteiger partial charge in [0, 0.05) is 18.8 Å². The fraction of sp³-hybridized carbons (Fsp3) is 0.500. The molecule has 1 rings (SSSR count). The molecule has 0 aliphatic heterocycles. The number of aryl methyl sites for hydroxylation is 2. The van der Waals surface area contributed by atoms with Crippen molar-refractivity contribution < 1.29 is 9.90 Å². The molecule has 0 aliphatic rings. The van der Waals surface area contributed by atoms with E-state index in [0.29, 0.717) is 24.5 Å². The van der Waals surface area contributed by atoms with E-state index >= 15 is 0 Å². The Morgan fingerprint density at radius 3 is 2.68 bits per heavy atom. The topological polar surface area (TPSA) is 77.2 Å². The molecule has 0 amide bonds. The van der Waals surface area contributed by atoms with Crippen LogP contribution in [0.5, 0.6) is 0 Å². The van der Waals surface area contributed by atoms with Crippen LogP contribution in [0.3, 0.4) is 0 Å². The Bertz CT molecular complexity index is 520. The van der Waals surface area contributed by atoms with Gasteiger partial charge < -0.3 is 10.0 Å². The molecule has 0 fully saturated rings. The molecule has 0 spiro atoms. The summed E-state index contributed by atoms with van der Waals surface area (Å²) in [5, 5.41) is 18.2. The van der Waals surface area contributed by atoms with Gasteiger partial charge in [0.05, 0.1) is 12.0 Å². The van der Waals surface area contributed by atoms with Crippen LogP contribution in [0.15, 0.2) is 6.07 Å². The van der Waals surface area contributed by atoms with Gasteiger partial charge in [0.15, 0.2) is 0 Å². The van der Waals surface area contributed by atoms with Crippen molar-refractivity contribution in [2.75, 3.05) is 18.0 Å². The van der Waals surface area contributed by atoms with Gasteiger partial charge in [0.1, 0.15) is 11.4 Å². The molecule has 1 unspecified atom stereocenters. The Balaban J connectivity index is 3.30. The molecule has 5 nitrogen and oxygen atoms in total. The molecule has 19 heavy (non-hydrogen) atoms. The third kappa shape index (κ3) is 3.44. The number of pyridine rings is 1. The van der Waals surface area contributed by atoms with Crippen LogP contribution >= 0.6 is 0 Å². The van der Waals surface area contributed by atoms with E-state index in [1.165, 1.54) is 0 Å². The lowest BCUT2D eigenvalue weighted by atomic mass is 10.1. The van der Waals surface area contributed by atoms with E-state index in [-0.39, 0.29) is 11.5 Å². The normalized spacial score (nSPS) is 11.7. The monoisotopic (exact) mass is 261 g/mol. The fourth-order valence-electron chi connectivity index (χ4n) is 2.05. The Morgan fingerprint density at radius 2 is 2.21 bits per heavy atom. The molecule has 1 heterocycles. The molecular weight excluding hydrogens is 242 g/mol. The molecule has 5 heteroatoms. The van der Waals surface area contributed by atoms with Crippen LogP contribution in [0, 0.1) is 31.1 Å². The van der Waals surface area contributed by atoms with Crippen molar-refractivity contribution in [1.29, 1.82) is 5.26 Å². The molecule has 1 aromatic heterocycles. The number of rotatable bonds is 5. The fourth-order valence-corrected chi connectivity index (χ4v) is 2.05. The van der Waals surface area contributed by atoms with E-state index in [9.17, 15) is 9.90 Å². The van der Waals surface area contributed by atoms with Gasteiger partial charge in [-0.05, 0) is 39.3 Å². The van der Waals surface area contributed by atoms with Crippen molar-refractivity contribution in [3.8, 4) is 6.07 Å². The molecule has 1 aromatic rings. The van der Waals surface area contributed by atoms with Gasteiger partial charge in [-0.2, -0.15) is 5.26 Å². The lowest BCUT2D eigenvalue weighted by molar-refractivity contribution is 0.0696. The second-order valence-corrected chi connectivity index (χ2v) is 4.65. The largest absolute Gasteiger partial charge is 0.478 e. The highest BCUT2D eigenvalue weighted by molar-refractivity contribution is 5.95. The average molecular weight is 261 g/mol. The summed E-state index contributed by atoms with van der Waals surface area (Å²) in [5.74, 6) is -0.707. The predicted octanol–water partition coefficient (Wildman–Crippen LogP) is 2.38. The van der Waals surface area contributed by atoms with Crippen LogP contribution in [0.2, 0.25) is 0 Å². The van der Waals surface area contributed by atoms with Crippen molar-refractivity contribution in [2.24, 2.45) is 5.92 Å². The molecule has 0 bridgehead atoms. The lowest BCUT2D eigenvalue weighted by Crippen LogP contribution is -2.30. The summed E-state index contributed by atoms with van der Waals surface area (Å²) in [6.07, 6.45) is 0. The first-order valence-corrected chi connectivity index (χ1v) is 6.26.